The van der Waals surface area contributed by atoms with E-state index in [9.17, 15) is 0 Å². The molecule has 0 aromatic rings. The summed E-state index contributed by atoms with van der Waals surface area (Å²) < 4.78 is 5.63. The number of hydrogen-bond acceptors (Lipinski definition) is 2. The van der Waals surface area contributed by atoms with Crippen LogP contribution in [0.5, 0.6) is 0 Å². The van der Waals surface area contributed by atoms with Crippen molar-refractivity contribution in [3.05, 3.63) is 0 Å². The fraction of sp³-hybridized carbons (Fsp3) is 1.00. The first kappa shape index (κ1) is 12.9. The van der Waals surface area contributed by atoms with Crippen molar-refractivity contribution in [1.82, 2.24) is 4.90 Å². The van der Waals surface area contributed by atoms with Gasteiger partial charge in [0, 0.05) is 13.2 Å². The zero-order chi connectivity index (χ0) is 10.3. The van der Waals surface area contributed by atoms with Gasteiger partial charge in [-0.1, -0.05) is 6.92 Å². The second kappa shape index (κ2) is 6.39. The molecule has 0 spiro atoms. The van der Waals surface area contributed by atoms with Crippen LogP contribution in [0.2, 0.25) is 0 Å². The van der Waals surface area contributed by atoms with Gasteiger partial charge in [-0.15, -0.1) is 0 Å². The zero-order valence-electron chi connectivity index (χ0n) is 9.89. The van der Waals surface area contributed by atoms with Gasteiger partial charge in [-0.25, -0.2) is 0 Å². The minimum Gasteiger partial charge on any atom is -0.376 e. The van der Waals surface area contributed by atoms with E-state index < -0.39 is 0 Å². The van der Waals surface area contributed by atoms with E-state index in [1.165, 1.54) is 13.0 Å². The van der Waals surface area contributed by atoms with E-state index in [-0.39, 0.29) is 5.60 Å². The summed E-state index contributed by atoms with van der Waals surface area (Å²) in [5.41, 5.74) is 0.0172. The van der Waals surface area contributed by atoms with E-state index in [2.05, 4.69) is 39.6 Å². The molecule has 0 amide bonds. The molecule has 2 heteroatoms. The monoisotopic (exact) mass is 187 g/mol. The molecule has 80 valence electrons. The molecule has 0 saturated carbocycles. The van der Waals surface area contributed by atoms with Crippen molar-refractivity contribution in [2.45, 2.75) is 46.1 Å². The molecule has 0 fully saturated rings. The first-order valence-corrected chi connectivity index (χ1v) is 5.28. The molecule has 0 aromatic heterocycles. The lowest BCUT2D eigenvalue weighted by Crippen LogP contribution is -2.24. The molecule has 0 rings (SSSR count). The standard InChI is InChI=1S/C11H25NO/c1-6-8-12(5)9-7-10-13-11(2,3)4/h6-10H2,1-5H3. The lowest BCUT2D eigenvalue weighted by molar-refractivity contribution is -0.00627. The van der Waals surface area contributed by atoms with Crippen molar-refractivity contribution in [3.63, 3.8) is 0 Å². The Morgan fingerprint density at radius 3 is 2.23 bits per heavy atom. The van der Waals surface area contributed by atoms with Crippen molar-refractivity contribution >= 4 is 0 Å². The highest BCUT2D eigenvalue weighted by Gasteiger charge is 2.08. The van der Waals surface area contributed by atoms with Crippen LogP contribution in [0.1, 0.15) is 40.5 Å². The van der Waals surface area contributed by atoms with Gasteiger partial charge in [-0.3, -0.25) is 0 Å². The zero-order valence-corrected chi connectivity index (χ0v) is 9.89. The second-order valence-electron chi connectivity index (χ2n) is 4.62. The smallest absolute Gasteiger partial charge is 0.0598 e. The first-order chi connectivity index (χ1) is 5.95. The van der Waals surface area contributed by atoms with Gasteiger partial charge in [-0.2, -0.15) is 0 Å². The van der Waals surface area contributed by atoms with Crippen molar-refractivity contribution in [2.75, 3.05) is 26.7 Å². The molecular weight excluding hydrogens is 162 g/mol. The predicted molar refractivity (Wildman–Crippen MR) is 58.1 cm³/mol. The largest absolute Gasteiger partial charge is 0.376 e. The summed E-state index contributed by atoms with van der Waals surface area (Å²) in [6.07, 6.45) is 2.37. The Labute approximate surface area is 83.3 Å². The van der Waals surface area contributed by atoms with Gasteiger partial charge in [0.05, 0.1) is 5.60 Å². The summed E-state index contributed by atoms with van der Waals surface area (Å²) >= 11 is 0. The van der Waals surface area contributed by atoms with Gasteiger partial charge in [0.25, 0.3) is 0 Å². The molecule has 0 atom stereocenters. The minimum atomic E-state index is 0.0172. The van der Waals surface area contributed by atoms with Gasteiger partial charge >= 0.3 is 0 Å². The Balaban J connectivity index is 3.25. The van der Waals surface area contributed by atoms with Crippen LogP contribution in [0.15, 0.2) is 0 Å². The molecular formula is C11H25NO. The van der Waals surface area contributed by atoms with E-state index in [4.69, 9.17) is 4.74 Å². The number of rotatable bonds is 6. The summed E-state index contributed by atoms with van der Waals surface area (Å²) in [5.74, 6) is 0. The topological polar surface area (TPSA) is 12.5 Å². The van der Waals surface area contributed by atoms with E-state index in [0.29, 0.717) is 0 Å². The van der Waals surface area contributed by atoms with Gasteiger partial charge in [0.15, 0.2) is 0 Å². The fourth-order valence-electron chi connectivity index (χ4n) is 1.21. The van der Waals surface area contributed by atoms with Crippen LogP contribution in [0.3, 0.4) is 0 Å². The maximum Gasteiger partial charge on any atom is 0.0598 e. The highest BCUT2D eigenvalue weighted by molar-refractivity contribution is 4.59. The maximum absolute atomic E-state index is 5.63. The first-order valence-electron chi connectivity index (χ1n) is 5.28. The molecule has 0 radical (unpaired) electrons. The highest BCUT2D eigenvalue weighted by Crippen LogP contribution is 2.06. The van der Waals surface area contributed by atoms with Crippen LogP contribution >= 0.6 is 0 Å². The number of ether oxygens (including phenoxy) is 1. The highest BCUT2D eigenvalue weighted by atomic mass is 16.5. The Kier molecular flexibility index (Phi) is 6.35. The Hall–Kier alpha value is -0.0800. The molecule has 0 aliphatic carbocycles. The summed E-state index contributed by atoms with van der Waals surface area (Å²) in [5, 5.41) is 0. The molecule has 0 aliphatic rings. The van der Waals surface area contributed by atoms with E-state index >= 15 is 0 Å². The molecule has 0 aromatic carbocycles. The number of nitrogens with zero attached hydrogens (tertiary/aromatic N) is 1. The third-order valence-electron chi connectivity index (χ3n) is 1.82. The minimum absolute atomic E-state index is 0.0172. The third kappa shape index (κ3) is 9.84. The molecule has 0 unspecified atom stereocenters. The van der Waals surface area contributed by atoms with Crippen LogP contribution < -0.4 is 0 Å². The Bertz CT molecular complexity index is 118. The number of hydrogen-bond donors (Lipinski definition) is 0. The average Bonchev–Trinajstić information content (AvgIpc) is 1.97. The van der Waals surface area contributed by atoms with Crippen molar-refractivity contribution in [3.8, 4) is 0 Å². The Morgan fingerprint density at radius 1 is 1.15 bits per heavy atom. The van der Waals surface area contributed by atoms with Crippen LogP contribution in [0.25, 0.3) is 0 Å². The lowest BCUT2D eigenvalue weighted by Gasteiger charge is -2.21. The predicted octanol–water partition coefficient (Wildman–Crippen LogP) is 2.53. The molecule has 0 heterocycles. The summed E-state index contributed by atoms with van der Waals surface area (Å²) in [4.78, 5) is 2.35. The van der Waals surface area contributed by atoms with Gasteiger partial charge in [0.1, 0.15) is 0 Å². The van der Waals surface area contributed by atoms with E-state index in [1.807, 2.05) is 0 Å². The molecule has 0 bridgehead atoms. The van der Waals surface area contributed by atoms with Crippen molar-refractivity contribution < 1.29 is 4.74 Å². The quantitative estimate of drug-likeness (QED) is 0.592. The van der Waals surface area contributed by atoms with Crippen LogP contribution in [-0.4, -0.2) is 37.2 Å². The summed E-state index contributed by atoms with van der Waals surface area (Å²) in [7, 11) is 2.17. The van der Waals surface area contributed by atoms with Crippen molar-refractivity contribution in [2.24, 2.45) is 0 Å². The molecule has 0 saturated heterocycles. The third-order valence-corrected chi connectivity index (χ3v) is 1.82. The van der Waals surface area contributed by atoms with Gasteiger partial charge in [-0.05, 0) is 47.2 Å². The molecule has 0 aliphatic heterocycles. The van der Waals surface area contributed by atoms with Crippen molar-refractivity contribution in [1.29, 1.82) is 0 Å². The van der Waals surface area contributed by atoms with Gasteiger partial charge in [0.2, 0.25) is 0 Å². The van der Waals surface area contributed by atoms with Crippen LogP contribution in [0, 0.1) is 0 Å². The van der Waals surface area contributed by atoms with E-state index in [1.54, 1.807) is 0 Å². The lowest BCUT2D eigenvalue weighted by atomic mass is 10.2. The fourth-order valence-corrected chi connectivity index (χ4v) is 1.21. The molecule has 2 nitrogen and oxygen atoms in total. The second-order valence-corrected chi connectivity index (χ2v) is 4.62. The van der Waals surface area contributed by atoms with Crippen LogP contribution in [-0.2, 0) is 4.74 Å². The summed E-state index contributed by atoms with van der Waals surface area (Å²) in [6, 6.07) is 0. The normalized spacial score (nSPS) is 12.5. The molecule has 0 N–H and O–H groups in total. The SMILES string of the molecule is CCCN(C)CCCOC(C)(C)C. The molecule has 13 heavy (non-hydrogen) atoms. The Morgan fingerprint density at radius 2 is 1.77 bits per heavy atom. The average molecular weight is 187 g/mol. The maximum atomic E-state index is 5.63. The summed E-state index contributed by atoms with van der Waals surface area (Å²) in [6.45, 7) is 11.7. The van der Waals surface area contributed by atoms with Gasteiger partial charge < -0.3 is 9.64 Å². The van der Waals surface area contributed by atoms with E-state index in [0.717, 1.165) is 19.6 Å². The van der Waals surface area contributed by atoms with Crippen LogP contribution in [0.4, 0.5) is 0 Å².